The fourth-order valence-electron chi connectivity index (χ4n) is 2.68. The second-order valence-electron chi connectivity index (χ2n) is 5.02. The summed E-state index contributed by atoms with van der Waals surface area (Å²) in [4.78, 5) is 23.0. The molecule has 108 valence electrons. The standard InChI is InChI=1S/C13H15FN2O4/c1-8-3-2-4-15(12(8)13(17)18)10-5-9(14)6-11(7-10)16(19)20/h5-8,12H,2-4H2,1H3,(H,17,18). The maximum atomic E-state index is 13.5. The smallest absolute Gasteiger partial charge is 0.326 e. The molecule has 6 nitrogen and oxygen atoms in total. The molecule has 0 saturated carbocycles. The first-order chi connectivity index (χ1) is 9.40. The van der Waals surface area contributed by atoms with Crippen molar-refractivity contribution in [1.82, 2.24) is 0 Å². The lowest BCUT2D eigenvalue weighted by molar-refractivity contribution is -0.385. The molecular formula is C13H15FN2O4. The quantitative estimate of drug-likeness (QED) is 0.680. The van der Waals surface area contributed by atoms with Crippen LogP contribution in [-0.2, 0) is 4.79 Å². The minimum absolute atomic E-state index is 0.0939. The number of non-ortho nitro benzene ring substituents is 1. The number of hydrogen-bond donors (Lipinski definition) is 1. The predicted octanol–water partition coefficient (Wildman–Crippen LogP) is 2.42. The van der Waals surface area contributed by atoms with Crippen LogP contribution >= 0.6 is 0 Å². The summed E-state index contributed by atoms with van der Waals surface area (Å²) in [6.07, 6.45) is 1.54. The van der Waals surface area contributed by atoms with Gasteiger partial charge in [0.1, 0.15) is 11.9 Å². The van der Waals surface area contributed by atoms with E-state index in [1.54, 1.807) is 0 Å². The zero-order chi connectivity index (χ0) is 14.9. The molecule has 1 aliphatic rings. The van der Waals surface area contributed by atoms with Crippen molar-refractivity contribution in [2.45, 2.75) is 25.8 Å². The third-order valence-corrected chi connectivity index (χ3v) is 3.60. The molecule has 1 aliphatic heterocycles. The molecule has 2 unspecified atom stereocenters. The largest absolute Gasteiger partial charge is 0.480 e. The Labute approximate surface area is 115 Å². The predicted molar refractivity (Wildman–Crippen MR) is 70.2 cm³/mol. The Morgan fingerprint density at radius 2 is 2.20 bits per heavy atom. The Morgan fingerprint density at radius 1 is 1.50 bits per heavy atom. The maximum absolute atomic E-state index is 13.5. The molecule has 1 fully saturated rings. The molecule has 0 radical (unpaired) electrons. The third kappa shape index (κ3) is 2.71. The molecular weight excluding hydrogens is 267 g/mol. The molecule has 1 aromatic carbocycles. The first kappa shape index (κ1) is 14.2. The van der Waals surface area contributed by atoms with Gasteiger partial charge in [-0.15, -0.1) is 0 Å². The molecule has 0 aliphatic carbocycles. The van der Waals surface area contributed by atoms with E-state index in [9.17, 15) is 24.4 Å². The van der Waals surface area contributed by atoms with Crippen LogP contribution in [0.15, 0.2) is 18.2 Å². The van der Waals surface area contributed by atoms with Crippen LogP contribution in [0.25, 0.3) is 0 Å². The van der Waals surface area contributed by atoms with Crippen LogP contribution in [-0.4, -0.2) is 28.6 Å². The molecule has 2 rings (SSSR count). The van der Waals surface area contributed by atoms with Gasteiger partial charge in [0.25, 0.3) is 5.69 Å². The fourth-order valence-corrected chi connectivity index (χ4v) is 2.68. The third-order valence-electron chi connectivity index (χ3n) is 3.60. The minimum atomic E-state index is -0.996. The number of piperidine rings is 1. The number of nitrogens with zero attached hydrogens (tertiary/aromatic N) is 2. The van der Waals surface area contributed by atoms with E-state index in [2.05, 4.69) is 0 Å². The SMILES string of the molecule is CC1CCCN(c2cc(F)cc([N+](=O)[O-])c2)C1C(=O)O. The number of halogens is 1. The second-order valence-corrected chi connectivity index (χ2v) is 5.02. The van der Waals surface area contributed by atoms with E-state index in [0.29, 0.717) is 6.54 Å². The van der Waals surface area contributed by atoms with Gasteiger partial charge < -0.3 is 10.0 Å². The number of hydrogen-bond acceptors (Lipinski definition) is 4. The molecule has 0 aromatic heterocycles. The summed E-state index contributed by atoms with van der Waals surface area (Å²) < 4.78 is 13.5. The zero-order valence-corrected chi connectivity index (χ0v) is 11.0. The first-order valence-electron chi connectivity index (χ1n) is 6.34. The van der Waals surface area contributed by atoms with E-state index in [1.165, 1.54) is 11.0 Å². The van der Waals surface area contributed by atoms with E-state index in [1.807, 2.05) is 6.92 Å². The highest BCUT2D eigenvalue weighted by Crippen LogP contribution is 2.31. The number of nitro benzene ring substituents is 1. The van der Waals surface area contributed by atoms with E-state index < -0.39 is 22.8 Å². The van der Waals surface area contributed by atoms with Gasteiger partial charge in [-0.1, -0.05) is 6.92 Å². The monoisotopic (exact) mass is 282 g/mol. The highest BCUT2D eigenvalue weighted by molar-refractivity contribution is 5.79. The minimum Gasteiger partial charge on any atom is -0.480 e. The van der Waals surface area contributed by atoms with Gasteiger partial charge in [0.15, 0.2) is 0 Å². The molecule has 1 saturated heterocycles. The van der Waals surface area contributed by atoms with Crippen LogP contribution in [0.2, 0.25) is 0 Å². The molecule has 20 heavy (non-hydrogen) atoms. The Kier molecular flexibility index (Phi) is 3.87. The Bertz CT molecular complexity index is 549. The summed E-state index contributed by atoms with van der Waals surface area (Å²) in [5.74, 6) is -1.83. The van der Waals surface area contributed by atoms with Crippen molar-refractivity contribution >= 4 is 17.3 Å². The number of benzene rings is 1. The van der Waals surface area contributed by atoms with Crippen LogP contribution in [0, 0.1) is 21.8 Å². The van der Waals surface area contributed by atoms with Crippen molar-refractivity contribution in [2.75, 3.05) is 11.4 Å². The van der Waals surface area contributed by atoms with E-state index in [-0.39, 0.29) is 17.3 Å². The van der Waals surface area contributed by atoms with Crippen molar-refractivity contribution in [1.29, 1.82) is 0 Å². The van der Waals surface area contributed by atoms with Crippen molar-refractivity contribution in [3.63, 3.8) is 0 Å². The Morgan fingerprint density at radius 3 is 2.80 bits per heavy atom. The molecule has 1 N–H and O–H groups in total. The lowest BCUT2D eigenvalue weighted by Crippen LogP contribution is -2.49. The number of anilines is 1. The van der Waals surface area contributed by atoms with Crippen molar-refractivity contribution in [2.24, 2.45) is 5.92 Å². The van der Waals surface area contributed by atoms with Gasteiger partial charge in [0, 0.05) is 18.3 Å². The van der Waals surface area contributed by atoms with Gasteiger partial charge in [-0.2, -0.15) is 0 Å². The molecule has 1 aromatic rings. The molecule has 0 amide bonds. The van der Waals surface area contributed by atoms with Gasteiger partial charge in [-0.25, -0.2) is 9.18 Å². The summed E-state index contributed by atoms with van der Waals surface area (Å²) in [5, 5.41) is 20.1. The topological polar surface area (TPSA) is 83.7 Å². The van der Waals surface area contributed by atoms with Crippen LogP contribution in [0.3, 0.4) is 0 Å². The first-order valence-corrected chi connectivity index (χ1v) is 6.34. The van der Waals surface area contributed by atoms with E-state index >= 15 is 0 Å². The highest BCUT2D eigenvalue weighted by atomic mass is 19.1. The molecule has 1 heterocycles. The number of rotatable bonds is 3. The number of aliphatic carboxylic acids is 1. The molecule has 7 heteroatoms. The van der Waals surface area contributed by atoms with E-state index in [0.717, 1.165) is 25.0 Å². The van der Waals surface area contributed by atoms with Gasteiger partial charge in [-0.05, 0) is 24.8 Å². The number of carboxylic acids is 1. The van der Waals surface area contributed by atoms with Crippen molar-refractivity contribution < 1.29 is 19.2 Å². The summed E-state index contributed by atoms with van der Waals surface area (Å²) in [7, 11) is 0. The average molecular weight is 282 g/mol. The van der Waals surface area contributed by atoms with Gasteiger partial charge in [-0.3, -0.25) is 10.1 Å². The number of carboxylic acid groups (broad SMARTS) is 1. The second kappa shape index (κ2) is 5.44. The normalized spacial score (nSPS) is 22.6. The van der Waals surface area contributed by atoms with Crippen molar-refractivity contribution in [3.05, 3.63) is 34.1 Å². The van der Waals surface area contributed by atoms with E-state index in [4.69, 9.17) is 0 Å². The summed E-state index contributed by atoms with van der Waals surface area (Å²) in [6, 6.07) is 2.40. The zero-order valence-electron chi connectivity index (χ0n) is 11.0. The van der Waals surface area contributed by atoms with Gasteiger partial charge >= 0.3 is 5.97 Å². The van der Waals surface area contributed by atoms with Crippen LogP contribution in [0.1, 0.15) is 19.8 Å². The van der Waals surface area contributed by atoms with Crippen LogP contribution in [0.4, 0.5) is 15.8 Å². The number of nitro groups is 1. The van der Waals surface area contributed by atoms with Gasteiger partial charge in [0.05, 0.1) is 11.0 Å². The van der Waals surface area contributed by atoms with Gasteiger partial charge in [0.2, 0.25) is 0 Å². The summed E-state index contributed by atoms with van der Waals surface area (Å²) >= 11 is 0. The molecule has 0 spiro atoms. The molecule has 0 bridgehead atoms. The highest BCUT2D eigenvalue weighted by Gasteiger charge is 2.35. The Balaban J connectivity index is 2.42. The van der Waals surface area contributed by atoms with Crippen molar-refractivity contribution in [3.8, 4) is 0 Å². The van der Waals surface area contributed by atoms with Crippen LogP contribution in [0.5, 0.6) is 0 Å². The number of carbonyl (C=O) groups is 1. The summed E-state index contributed by atoms with van der Waals surface area (Å²) in [5.41, 5.74) is -0.127. The lowest BCUT2D eigenvalue weighted by atomic mass is 9.90. The Hall–Kier alpha value is -2.18. The maximum Gasteiger partial charge on any atom is 0.326 e. The lowest BCUT2D eigenvalue weighted by Gasteiger charge is -2.38. The summed E-state index contributed by atoms with van der Waals surface area (Å²) in [6.45, 7) is 2.26. The average Bonchev–Trinajstić information content (AvgIpc) is 2.37. The van der Waals surface area contributed by atoms with Crippen LogP contribution < -0.4 is 4.90 Å². The molecule has 2 atom stereocenters. The fraction of sp³-hybridized carbons (Fsp3) is 0.462.